The number of nitrogens with zero attached hydrogens (tertiary/aromatic N) is 1. The number of rotatable bonds is 12. The Morgan fingerprint density at radius 3 is 2.44 bits per heavy atom. The summed E-state index contributed by atoms with van der Waals surface area (Å²) in [6.07, 6.45) is 3.84. The minimum Gasteiger partial charge on any atom is -0.492 e. The van der Waals surface area contributed by atoms with Gasteiger partial charge in [0.25, 0.3) is 0 Å². The molecule has 0 fully saturated rings. The average molecular weight is 477 g/mol. The van der Waals surface area contributed by atoms with E-state index in [4.69, 9.17) is 4.74 Å². The second kappa shape index (κ2) is 12.7. The smallest absolute Gasteiger partial charge is 0.240 e. The number of benzene rings is 2. The molecule has 2 rings (SSSR count). The lowest BCUT2D eigenvalue weighted by Crippen LogP contribution is -2.48. The van der Waals surface area contributed by atoms with Crippen LogP contribution in [0.15, 0.2) is 53.9 Å². The summed E-state index contributed by atoms with van der Waals surface area (Å²) in [5.74, 6) is 1.14. The van der Waals surface area contributed by atoms with Crippen molar-refractivity contribution in [2.45, 2.75) is 26.3 Å². The van der Waals surface area contributed by atoms with Gasteiger partial charge in [-0.25, -0.2) is 8.42 Å². The highest BCUT2D eigenvalue weighted by atomic mass is 32.2. The third-order valence-corrected chi connectivity index (χ3v) is 6.47. The number of carbonyl (C=O) groups is 1. The number of likely N-dealkylation sites (N-methyl/N-ethyl adjacent to an activating group) is 1. The molecule has 2 aromatic rings. The van der Waals surface area contributed by atoms with Crippen molar-refractivity contribution < 1.29 is 17.9 Å². The zero-order valence-corrected chi connectivity index (χ0v) is 20.7. The van der Waals surface area contributed by atoms with E-state index >= 15 is 0 Å². The van der Waals surface area contributed by atoms with E-state index in [2.05, 4.69) is 10.8 Å². The van der Waals surface area contributed by atoms with Gasteiger partial charge in [-0.15, -0.1) is 0 Å². The first-order chi connectivity index (χ1) is 15.2. The Morgan fingerprint density at radius 1 is 1.16 bits per heavy atom. The summed E-state index contributed by atoms with van der Waals surface area (Å²) in [4.78, 5) is 14.5. The predicted molar refractivity (Wildman–Crippen MR) is 133 cm³/mol. The van der Waals surface area contributed by atoms with Crippen molar-refractivity contribution in [3.05, 3.63) is 70.6 Å². The van der Waals surface area contributed by atoms with Crippen LogP contribution in [0.5, 0.6) is 5.75 Å². The molecule has 1 amide bonds. The number of carbonyl (C=O) groups excluding carboxylic acids is 1. The molecule has 8 heteroatoms. The first-order valence-electron chi connectivity index (χ1n) is 10.4. The van der Waals surface area contributed by atoms with Gasteiger partial charge < -0.3 is 9.64 Å². The zero-order valence-electron chi connectivity index (χ0n) is 19.1. The number of thioether (sulfide) groups is 1. The van der Waals surface area contributed by atoms with Crippen LogP contribution in [-0.4, -0.2) is 57.5 Å². The molecular formula is C24H32N2O4S2. The largest absolute Gasteiger partial charge is 0.492 e. The van der Waals surface area contributed by atoms with Crippen molar-refractivity contribution in [1.82, 2.24) is 9.62 Å². The molecule has 6 nitrogen and oxygen atoms in total. The molecule has 174 valence electrons. The van der Waals surface area contributed by atoms with E-state index in [1.54, 1.807) is 18.8 Å². The van der Waals surface area contributed by atoms with Gasteiger partial charge in [0.15, 0.2) is 0 Å². The SMILES string of the molecule is CSCCC(NS(=O)(=O)/C=C/c1ccccc1)C(=O)N(C)CCOc1cc(C)cc(C)c1. The van der Waals surface area contributed by atoms with Gasteiger partial charge in [0.05, 0.1) is 6.54 Å². The van der Waals surface area contributed by atoms with E-state index in [9.17, 15) is 13.2 Å². The van der Waals surface area contributed by atoms with Crippen LogP contribution in [0.4, 0.5) is 0 Å². The predicted octanol–water partition coefficient (Wildman–Crippen LogP) is 3.85. The molecular weight excluding hydrogens is 444 g/mol. The maximum absolute atomic E-state index is 13.0. The molecule has 0 aromatic heterocycles. The molecule has 1 atom stereocenters. The van der Waals surface area contributed by atoms with Gasteiger partial charge in [-0.05, 0) is 67.2 Å². The molecule has 0 aliphatic rings. The Balaban J connectivity index is 1.98. The van der Waals surface area contributed by atoms with E-state index in [0.29, 0.717) is 25.3 Å². The lowest BCUT2D eigenvalue weighted by Gasteiger charge is -2.24. The normalized spacial score (nSPS) is 12.6. The molecule has 2 aromatic carbocycles. The zero-order chi connectivity index (χ0) is 23.6. The van der Waals surface area contributed by atoms with Gasteiger partial charge in [-0.3, -0.25) is 4.79 Å². The van der Waals surface area contributed by atoms with Crippen LogP contribution in [-0.2, 0) is 14.8 Å². The van der Waals surface area contributed by atoms with Gasteiger partial charge in [0.2, 0.25) is 15.9 Å². The Kier molecular flexibility index (Phi) is 10.3. The minimum atomic E-state index is -3.78. The molecule has 0 bridgehead atoms. The van der Waals surface area contributed by atoms with Crippen LogP contribution >= 0.6 is 11.8 Å². The Bertz CT molecular complexity index is 988. The summed E-state index contributed by atoms with van der Waals surface area (Å²) in [5, 5.41) is 1.10. The number of ether oxygens (including phenoxy) is 1. The summed E-state index contributed by atoms with van der Waals surface area (Å²) in [5.41, 5.74) is 2.99. The highest BCUT2D eigenvalue weighted by Gasteiger charge is 2.25. The number of sulfonamides is 1. The van der Waals surface area contributed by atoms with Crippen molar-refractivity contribution in [2.24, 2.45) is 0 Å². The minimum absolute atomic E-state index is 0.278. The topological polar surface area (TPSA) is 75.7 Å². The third-order valence-electron chi connectivity index (χ3n) is 4.72. The van der Waals surface area contributed by atoms with E-state index in [1.165, 1.54) is 11.0 Å². The van der Waals surface area contributed by atoms with E-state index in [0.717, 1.165) is 27.8 Å². The monoisotopic (exact) mass is 476 g/mol. The first-order valence-corrected chi connectivity index (χ1v) is 13.3. The highest BCUT2D eigenvalue weighted by molar-refractivity contribution is 7.98. The molecule has 0 aliphatic heterocycles. The lowest BCUT2D eigenvalue weighted by molar-refractivity contribution is -0.132. The lowest BCUT2D eigenvalue weighted by atomic mass is 10.1. The number of hydrogen-bond donors (Lipinski definition) is 1. The third kappa shape index (κ3) is 9.06. The molecule has 32 heavy (non-hydrogen) atoms. The summed E-state index contributed by atoms with van der Waals surface area (Å²) < 4.78 is 33.5. The Labute approximate surface area is 196 Å². The van der Waals surface area contributed by atoms with Crippen LogP contribution in [0.3, 0.4) is 0 Å². The quantitative estimate of drug-likeness (QED) is 0.504. The molecule has 0 spiro atoms. The van der Waals surface area contributed by atoms with E-state index in [1.807, 2.05) is 62.6 Å². The molecule has 1 N–H and O–H groups in total. The number of hydrogen-bond acceptors (Lipinski definition) is 5. The number of aryl methyl sites for hydroxylation is 2. The van der Waals surface area contributed by atoms with Crippen LogP contribution in [0, 0.1) is 13.8 Å². The Hall–Kier alpha value is -2.29. The van der Waals surface area contributed by atoms with Crippen LogP contribution in [0.1, 0.15) is 23.1 Å². The maximum Gasteiger partial charge on any atom is 0.240 e. The maximum atomic E-state index is 13.0. The van der Waals surface area contributed by atoms with Gasteiger partial charge >= 0.3 is 0 Å². The van der Waals surface area contributed by atoms with E-state index in [-0.39, 0.29) is 5.91 Å². The molecule has 0 heterocycles. The number of amides is 1. The highest BCUT2D eigenvalue weighted by Crippen LogP contribution is 2.16. The molecule has 0 radical (unpaired) electrons. The second-order valence-electron chi connectivity index (χ2n) is 7.64. The summed E-state index contributed by atoms with van der Waals surface area (Å²) in [6.45, 7) is 4.68. The number of nitrogens with one attached hydrogen (secondary N) is 1. The second-order valence-corrected chi connectivity index (χ2v) is 10.2. The first kappa shape index (κ1) is 26.0. The van der Waals surface area contributed by atoms with Crippen LogP contribution in [0.2, 0.25) is 0 Å². The van der Waals surface area contributed by atoms with Gasteiger partial charge in [-0.1, -0.05) is 36.4 Å². The molecule has 0 saturated carbocycles. The standard InChI is InChI=1S/C24H32N2O4S2/c1-19-16-20(2)18-22(17-19)30-13-12-26(3)24(27)23(10-14-31-4)25-32(28,29)15-11-21-8-6-5-7-9-21/h5-9,11,15-18,23,25H,10,12-14H2,1-4H3/b15-11+. The summed E-state index contributed by atoms with van der Waals surface area (Å²) >= 11 is 1.56. The fourth-order valence-corrected chi connectivity index (χ4v) is 4.63. The molecule has 0 saturated heterocycles. The fourth-order valence-electron chi connectivity index (χ4n) is 3.13. The van der Waals surface area contributed by atoms with Crippen molar-refractivity contribution in [3.8, 4) is 5.75 Å². The average Bonchev–Trinajstić information content (AvgIpc) is 2.74. The van der Waals surface area contributed by atoms with Crippen LogP contribution < -0.4 is 9.46 Å². The van der Waals surface area contributed by atoms with Crippen molar-refractivity contribution >= 4 is 33.8 Å². The Morgan fingerprint density at radius 2 is 1.81 bits per heavy atom. The van der Waals surface area contributed by atoms with Crippen LogP contribution in [0.25, 0.3) is 6.08 Å². The van der Waals surface area contributed by atoms with Crippen molar-refractivity contribution in [3.63, 3.8) is 0 Å². The van der Waals surface area contributed by atoms with Gasteiger partial charge in [0, 0.05) is 12.5 Å². The molecule has 1 unspecified atom stereocenters. The van der Waals surface area contributed by atoms with Gasteiger partial charge in [0.1, 0.15) is 18.4 Å². The van der Waals surface area contributed by atoms with Gasteiger partial charge in [-0.2, -0.15) is 16.5 Å². The van der Waals surface area contributed by atoms with Crippen molar-refractivity contribution in [1.29, 1.82) is 0 Å². The fraction of sp³-hybridized carbons (Fsp3) is 0.375. The molecule has 0 aliphatic carbocycles. The summed E-state index contributed by atoms with van der Waals surface area (Å²) in [6, 6.07) is 14.3. The van der Waals surface area contributed by atoms with Crippen molar-refractivity contribution in [2.75, 3.05) is 32.2 Å². The summed E-state index contributed by atoms with van der Waals surface area (Å²) in [7, 11) is -2.12. The van der Waals surface area contributed by atoms with E-state index < -0.39 is 16.1 Å².